The highest BCUT2D eigenvalue weighted by molar-refractivity contribution is 5.92. The van der Waals surface area contributed by atoms with Crippen LogP contribution in [0.15, 0.2) is 35.3 Å². The molecule has 2 fully saturated rings. The first kappa shape index (κ1) is 20.8. The number of nitrogens with one attached hydrogen (secondary N) is 1. The van der Waals surface area contributed by atoms with E-state index in [1.165, 1.54) is 0 Å². The molecule has 1 amide bonds. The van der Waals surface area contributed by atoms with Crippen molar-refractivity contribution in [2.45, 2.75) is 38.3 Å². The van der Waals surface area contributed by atoms with E-state index in [2.05, 4.69) is 21.9 Å². The Kier molecular flexibility index (Phi) is 5.52. The molecule has 2 aromatic heterocycles. The maximum Gasteiger partial charge on any atom is 0.262 e. The molecule has 3 N–H and O–H groups in total. The number of nitrogens with two attached hydrogens (primary N) is 1. The van der Waals surface area contributed by atoms with Crippen molar-refractivity contribution in [1.82, 2.24) is 24.6 Å². The number of fused-ring (bicyclic) bond motifs is 1. The van der Waals surface area contributed by atoms with E-state index in [4.69, 9.17) is 15.5 Å². The number of aromatic amines is 1. The molecule has 4 heterocycles. The number of H-pyrrole nitrogens is 1. The van der Waals surface area contributed by atoms with Crippen LogP contribution in [0.1, 0.15) is 53.5 Å². The third-order valence-corrected chi connectivity index (χ3v) is 6.70. The van der Waals surface area contributed by atoms with Gasteiger partial charge >= 0.3 is 0 Å². The second-order valence-corrected chi connectivity index (χ2v) is 8.96. The van der Waals surface area contributed by atoms with Crippen LogP contribution < -0.4 is 11.3 Å². The van der Waals surface area contributed by atoms with Crippen LogP contribution in [0.5, 0.6) is 0 Å². The van der Waals surface area contributed by atoms with Gasteiger partial charge in [0.1, 0.15) is 11.2 Å². The number of primary amides is 1. The first-order valence-electron chi connectivity index (χ1n) is 11.2. The second-order valence-electron chi connectivity index (χ2n) is 8.96. The van der Waals surface area contributed by atoms with Gasteiger partial charge in [-0.1, -0.05) is 19.1 Å². The molecule has 0 spiro atoms. The molecule has 2 atom stereocenters. The average molecular weight is 437 g/mol. The molecule has 1 aromatic carbocycles. The molecule has 2 aliphatic heterocycles. The van der Waals surface area contributed by atoms with E-state index in [1.807, 2.05) is 16.8 Å². The quantitative estimate of drug-likeness (QED) is 0.630. The fraction of sp³-hybridized carbons (Fsp3) is 0.478. The summed E-state index contributed by atoms with van der Waals surface area (Å²) in [6.07, 6.45) is 3.38. The summed E-state index contributed by atoms with van der Waals surface area (Å²) in [5.74, 6) is 0.794. The molecule has 9 heteroatoms. The molecule has 2 saturated heterocycles. The van der Waals surface area contributed by atoms with Crippen LogP contribution in [0.4, 0.5) is 0 Å². The monoisotopic (exact) mass is 436 g/mol. The van der Waals surface area contributed by atoms with Gasteiger partial charge in [0.15, 0.2) is 5.65 Å². The molecule has 0 radical (unpaired) electrons. The maximum absolute atomic E-state index is 12.8. The summed E-state index contributed by atoms with van der Waals surface area (Å²) < 4.78 is 7.38. The molecule has 3 aromatic rings. The minimum absolute atomic E-state index is 0.129. The Morgan fingerprint density at radius 3 is 2.69 bits per heavy atom. The number of carbonyl (C=O) groups is 1. The fourth-order valence-electron chi connectivity index (χ4n) is 4.91. The third-order valence-electron chi connectivity index (χ3n) is 6.70. The molecule has 0 aliphatic carbocycles. The lowest BCUT2D eigenvalue weighted by molar-refractivity contribution is 0.0673. The number of benzene rings is 1. The van der Waals surface area contributed by atoms with Gasteiger partial charge in [-0.2, -0.15) is 5.10 Å². The highest BCUT2D eigenvalue weighted by atomic mass is 16.5. The van der Waals surface area contributed by atoms with Crippen LogP contribution in [0.25, 0.3) is 11.0 Å². The van der Waals surface area contributed by atoms with Crippen molar-refractivity contribution in [3.63, 3.8) is 0 Å². The molecule has 168 valence electrons. The summed E-state index contributed by atoms with van der Waals surface area (Å²) in [5.41, 5.74) is 7.51. The standard InChI is InChI=1S/C23H28N6O3/c1-14-11-28(12-15-2-4-16(5-3-15)20(24)30)13-19(14)21-26-22-18(23(31)27-21)10-25-29(22)17-6-8-32-9-7-17/h2-5,10,14,17,19H,6-9,11-13H2,1H3,(H2,24,30)(H,26,27,31). The average Bonchev–Trinajstić information content (AvgIpc) is 3.38. The normalized spacial score (nSPS) is 22.5. The summed E-state index contributed by atoms with van der Waals surface area (Å²) in [4.78, 5) is 34.4. The van der Waals surface area contributed by atoms with Crippen molar-refractivity contribution >= 4 is 16.9 Å². The van der Waals surface area contributed by atoms with Crippen molar-refractivity contribution in [1.29, 1.82) is 0 Å². The number of amides is 1. The minimum atomic E-state index is -0.420. The summed E-state index contributed by atoms with van der Waals surface area (Å²) in [7, 11) is 0. The zero-order valence-corrected chi connectivity index (χ0v) is 18.2. The van der Waals surface area contributed by atoms with Crippen LogP contribution in [-0.4, -0.2) is 56.9 Å². The Morgan fingerprint density at radius 2 is 1.97 bits per heavy atom. The Balaban J connectivity index is 1.37. The summed E-state index contributed by atoms with van der Waals surface area (Å²) in [6.45, 7) is 6.09. The molecule has 2 aliphatic rings. The van der Waals surface area contributed by atoms with E-state index in [9.17, 15) is 9.59 Å². The van der Waals surface area contributed by atoms with Gasteiger partial charge in [-0.25, -0.2) is 9.67 Å². The molecule has 32 heavy (non-hydrogen) atoms. The van der Waals surface area contributed by atoms with Crippen LogP contribution in [0.2, 0.25) is 0 Å². The van der Waals surface area contributed by atoms with Crippen LogP contribution in [-0.2, 0) is 11.3 Å². The van der Waals surface area contributed by atoms with Gasteiger partial charge in [-0.05, 0) is 36.5 Å². The SMILES string of the molecule is CC1CN(Cc2ccc(C(N)=O)cc2)CC1c1nc2c(cnn2C2CCOCC2)c(=O)[nH]1. The molecular weight excluding hydrogens is 408 g/mol. The number of nitrogens with zero attached hydrogens (tertiary/aromatic N) is 4. The summed E-state index contributed by atoms with van der Waals surface area (Å²) in [6, 6.07) is 7.62. The smallest absolute Gasteiger partial charge is 0.262 e. The fourth-order valence-corrected chi connectivity index (χ4v) is 4.91. The van der Waals surface area contributed by atoms with Crippen molar-refractivity contribution in [3.8, 4) is 0 Å². The highest BCUT2D eigenvalue weighted by Crippen LogP contribution is 2.32. The van der Waals surface area contributed by atoms with Crippen LogP contribution >= 0.6 is 0 Å². The molecule has 2 unspecified atom stereocenters. The Bertz CT molecular complexity index is 1180. The first-order chi connectivity index (χ1) is 15.5. The van der Waals surface area contributed by atoms with E-state index in [0.29, 0.717) is 35.7 Å². The van der Waals surface area contributed by atoms with Gasteiger partial charge in [0.2, 0.25) is 5.91 Å². The number of likely N-dealkylation sites (tertiary alicyclic amines) is 1. The molecular formula is C23H28N6O3. The summed E-state index contributed by atoms with van der Waals surface area (Å²) >= 11 is 0. The predicted molar refractivity (Wildman–Crippen MR) is 119 cm³/mol. The minimum Gasteiger partial charge on any atom is -0.381 e. The number of carbonyl (C=O) groups excluding carboxylic acids is 1. The van der Waals surface area contributed by atoms with E-state index < -0.39 is 5.91 Å². The lowest BCUT2D eigenvalue weighted by atomic mass is 9.97. The molecule has 0 bridgehead atoms. The lowest BCUT2D eigenvalue weighted by Gasteiger charge is -2.23. The van der Waals surface area contributed by atoms with Crippen LogP contribution in [0, 0.1) is 5.92 Å². The Morgan fingerprint density at radius 1 is 1.22 bits per heavy atom. The highest BCUT2D eigenvalue weighted by Gasteiger charge is 2.33. The Labute approximate surface area is 185 Å². The third kappa shape index (κ3) is 3.93. The maximum atomic E-state index is 12.8. The second kappa shape index (κ2) is 8.48. The van der Waals surface area contributed by atoms with Gasteiger partial charge in [0.05, 0.1) is 12.2 Å². The Hall–Kier alpha value is -3.04. The van der Waals surface area contributed by atoms with Gasteiger partial charge < -0.3 is 15.5 Å². The summed E-state index contributed by atoms with van der Waals surface area (Å²) in [5, 5.41) is 5.03. The molecule has 5 rings (SSSR count). The van der Waals surface area contributed by atoms with Gasteiger partial charge in [-0.3, -0.25) is 14.5 Å². The topological polar surface area (TPSA) is 119 Å². The van der Waals surface area contributed by atoms with E-state index in [1.54, 1.807) is 18.3 Å². The molecule has 0 saturated carbocycles. The predicted octanol–water partition coefficient (Wildman–Crippen LogP) is 1.81. The number of rotatable bonds is 5. The van der Waals surface area contributed by atoms with Crippen molar-refractivity contribution in [2.24, 2.45) is 11.7 Å². The zero-order valence-electron chi connectivity index (χ0n) is 18.2. The van der Waals surface area contributed by atoms with Crippen LogP contribution in [0.3, 0.4) is 0 Å². The molecule has 9 nitrogen and oxygen atoms in total. The van der Waals surface area contributed by atoms with Gasteiger partial charge in [0, 0.05) is 44.3 Å². The first-order valence-corrected chi connectivity index (χ1v) is 11.2. The number of hydrogen-bond donors (Lipinski definition) is 2. The number of ether oxygens (including phenoxy) is 1. The van der Waals surface area contributed by atoms with Crippen molar-refractivity contribution in [3.05, 3.63) is 57.8 Å². The van der Waals surface area contributed by atoms with Gasteiger partial charge in [-0.15, -0.1) is 0 Å². The number of hydrogen-bond acceptors (Lipinski definition) is 6. The number of aromatic nitrogens is 4. The zero-order chi connectivity index (χ0) is 22.2. The van der Waals surface area contributed by atoms with E-state index in [-0.39, 0.29) is 17.5 Å². The lowest BCUT2D eigenvalue weighted by Crippen LogP contribution is -2.23. The van der Waals surface area contributed by atoms with E-state index in [0.717, 1.165) is 43.9 Å². The van der Waals surface area contributed by atoms with Crippen molar-refractivity contribution in [2.75, 3.05) is 26.3 Å². The van der Waals surface area contributed by atoms with Crippen molar-refractivity contribution < 1.29 is 9.53 Å². The van der Waals surface area contributed by atoms with Gasteiger partial charge in [0.25, 0.3) is 5.56 Å². The van der Waals surface area contributed by atoms with E-state index >= 15 is 0 Å². The largest absolute Gasteiger partial charge is 0.381 e.